The van der Waals surface area contributed by atoms with Crippen LogP contribution < -0.4 is 5.32 Å². The molecule has 21 heavy (non-hydrogen) atoms. The molecule has 120 valence electrons. The maximum absolute atomic E-state index is 12.4. The summed E-state index contributed by atoms with van der Waals surface area (Å²) in [5.74, 6) is 3.54. The Morgan fingerprint density at radius 3 is 2.57 bits per heavy atom. The summed E-state index contributed by atoms with van der Waals surface area (Å²) in [4.78, 5) is 14.5. The van der Waals surface area contributed by atoms with Gasteiger partial charge in [0.25, 0.3) is 0 Å². The fourth-order valence-corrected chi connectivity index (χ4v) is 4.78. The Hall–Kier alpha value is -0.260. The summed E-state index contributed by atoms with van der Waals surface area (Å²) < 4.78 is 5.72. The second-order valence-electron chi connectivity index (χ2n) is 6.64. The van der Waals surface area contributed by atoms with E-state index in [4.69, 9.17) is 4.74 Å². The quantitative estimate of drug-likeness (QED) is 0.859. The number of carbonyl (C=O) groups is 1. The molecule has 0 aromatic rings. The highest BCUT2D eigenvalue weighted by molar-refractivity contribution is 7.99. The molecule has 3 rings (SSSR count). The second-order valence-corrected chi connectivity index (χ2v) is 7.67. The van der Waals surface area contributed by atoms with Crippen LogP contribution in [0.4, 0.5) is 0 Å². The van der Waals surface area contributed by atoms with Crippen LogP contribution in [0, 0.1) is 11.8 Å². The first-order valence-corrected chi connectivity index (χ1v) is 9.66. The normalized spacial score (nSPS) is 33.5. The van der Waals surface area contributed by atoms with E-state index in [9.17, 15) is 4.79 Å². The fraction of sp³-hybridized carbons (Fsp3) is 0.938. The fourth-order valence-electron chi connectivity index (χ4n) is 3.78. The zero-order valence-corrected chi connectivity index (χ0v) is 13.7. The van der Waals surface area contributed by atoms with Gasteiger partial charge in [-0.25, -0.2) is 0 Å². The number of amides is 1. The SMILES string of the molecule is O=C(CSCC1CCCCO1)N1CC[C@@H]2CNC[C@@H]2CC1. The molecule has 3 atom stereocenters. The molecule has 4 nitrogen and oxygen atoms in total. The van der Waals surface area contributed by atoms with Crippen molar-refractivity contribution in [1.29, 1.82) is 0 Å². The van der Waals surface area contributed by atoms with Gasteiger partial charge < -0.3 is 15.0 Å². The summed E-state index contributed by atoms with van der Waals surface area (Å²) in [5, 5.41) is 3.49. The van der Waals surface area contributed by atoms with Crippen LogP contribution in [0.2, 0.25) is 0 Å². The van der Waals surface area contributed by atoms with E-state index in [0.717, 1.165) is 50.4 Å². The Labute approximate surface area is 132 Å². The van der Waals surface area contributed by atoms with Gasteiger partial charge in [-0.15, -0.1) is 11.8 Å². The Kier molecular flexibility index (Phi) is 5.83. The molecule has 1 amide bonds. The summed E-state index contributed by atoms with van der Waals surface area (Å²) in [6.45, 7) is 5.13. The lowest BCUT2D eigenvalue weighted by Gasteiger charge is -2.23. The predicted octanol–water partition coefficient (Wildman–Crippen LogP) is 1.75. The van der Waals surface area contributed by atoms with Crippen molar-refractivity contribution in [3.05, 3.63) is 0 Å². The van der Waals surface area contributed by atoms with Gasteiger partial charge in [0.15, 0.2) is 0 Å². The van der Waals surface area contributed by atoms with E-state index in [1.54, 1.807) is 11.8 Å². The van der Waals surface area contributed by atoms with E-state index in [0.29, 0.717) is 17.8 Å². The molecular formula is C16H28N2O2S. The highest BCUT2D eigenvalue weighted by atomic mass is 32.2. The Morgan fingerprint density at radius 2 is 1.90 bits per heavy atom. The molecule has 0 saturated carbocycles. The van der Waals surface area contributed by atoms with Crippen molar-refractivity contribution in [3.63, 3.8) is 0 Å². The van der Waals surface area contributed by atoms with Crippen LogP contribution in [0.3, 0.4) is 0 Å². The highest BCUT2D eigenvalue weighted by Crippen LogP contribution is 2.27. The largest absolute Gasteiger partial charge is 0.377 e. The van der Waals surface area contributed by atoms with Gasteiger partial charge >= 0.3 is 0 Å². The molecule has 0 aromatic carbocycles. The van der Waals surface area contributed by atoms with Gasteiger partial charge in [-0.3, -0.25) is 4.79 Å². The van der Waals surface area contributed by atoms with Gasteiger partial charge in [-0.2, -0.15) is 0 Å². The molecule has 1 N–H and O–H groups in total. The molecule has 3 fully saturated rings. The molecule has 3 aliphatic rings. The smallest absolute Gasteiger partial charge is 0.232 e. The summed E-state index contributed by atoms with van der Waals surface area (Å²) in [5.41, 5.74) is 0. The number of carbonyl (C=O) groups excluding carboxylic acids is 1. The van der Waals surface area contributed by atoms with Gasteiger partial charge in [0.05, 0.1) is 11.9 Å². The maximum atomic E-state index is 12.4. The van der Waals surface area contributed by atoms with E-state index in [-0.39, 0.29) is 0 Å². The zero-order valence-electron chi connectivity index (χ0n) is 12.9. The minimum absolute atomic E-state index is 0.337. The van der Waals surface area contributed by atoms with Crippen LogP contribution in [0.15, 0.2) is 0 Å². The summed E-state index contributed by atoms with van der Waals surface area (Å²) in [6, 6.07) is 0. The monoisotopic (exact) mass is 312 g/mol. The molecule has 1 unspecified atom stereocenters. The molecule has 0 aliphatic carbocycles. The molecule has 3 aliphatic heterocycles. The maximum Gasteiger partial charge on any atom is 0.232 e. The van der Waals surface area contributed by atoms with Crippen molar-refractivity contribution in [1.82, 2.24) is 10.2 Å². The summed E-state index contributed by atoms with van der Waals surface area (Å²) in [6.07, 6.45) is 6.39. The van der Waals surface area contributed by atoms with Crippen molar-refractivity contribution in [2.75, 3.05) is 44.3 Å². The van der Waals surface area contributed by atoms with Crippen molar-refractivity contribution in [3.8, 4) is 0 Å². The molecule has 3 heterocycles. The number of nitrogens with zero attached hydrogens (tertiary/aromatic N) is 1. The third kappa shape index (κ3) is 4.36. The van der Waals surface area contributed by atoms with Crippen molar-refractivity contribution >= 4 is 17.7 Å². The molecule has 0 spiro atoms. The first-order chi connectivity index (χ1) is 10.3. The second kappa shape index (κ2) is 7.84. The van der Waals surface area contributed by atoms with Crippen LogP contribution in [-0.2, 0) is 9.53 Å². The topological polar surface area (TPSA) is 41.6 Å². The van der Waals surface area contributed by atoms with E-state index in [1.165, 1.54) is 32.1 Å². The standard InChI is InChI=1S/C16H28N2O2S/c19-16(12-21-11-15-3-1-2-8-20-15)18-6-4-13-9-17-10-14(13)5-7-18/h13-15,17H,1-12H2/t13-,14+,15?. The van der Waals surface area contributed by atoms with Crippen LogP contribution in [0.25, 0.3) is 0 Å². The summed E-state index contributed by atoms with van der Waals surface area (Å²) in [7, 11) is 0. The van der Waals surface area contributed by atoms with Crippen LogP contribution in [-0.4, -0.2) is 61.2 Å². The summed E-state index contributed by atoms with van der Waals surface area (Å²) >= 11 is 1.76. The number of hydrogen-bond donors (Lipinski definition) is 1. The predicted molar refractivity (Wildman–Crippen MR) is 86.6 cm³/mol. The molecule has 0 bridgehead atoms. The number of thioether (sulfide) groups is 1. The third-order valence-electron chi connectivity index (χ3n) is 5.18. The third-order valence-corrected chi connectivity index (χ3v) is 6.23. The van der Waals surface area contributed by atoms with Crippen molar-refractivity contribution in [2.24, 2.45) is 11.8 Å². The Morgan fingerprint density at radius 1 is 1.14 bits per heavy atom. The zero-order chi connectivity index (χ0) is 14.5. The lowest BCUT2D eigenvalue weighted by atomic mass is 9.92. The molecule has 0 radical (unpaired) electrons. The Bertz CT molecular complexity index is 333. The molecule has 3 saturated heterocycles. The van der Waals surface area contributed by atoms with Crippen molar-refractivity contribution in [2.45, 2.75) is 38.2 Å². The van der Waals surface area contributed by atoms with E-state index < -0.39 is 0 Å². The van der Waals surface area contributed by atoms with Gasteiger partial charge in [0.2, 0.25) is 5.91 Å². The van der Waals surface area contributed by atoms with Crippen LogP contribution >= 0.6 is 11.8 Å². The number of likely N-dealkylation sites (tertiary alicyclic amines) is 1. The van der Waals surface area contributed by atoms with Gasteiger partial charge in [-0.1, -0.05) is 0 Å². The van der Waals surface area contributed by atoms with E-state index >= 15 is 0 Å². The average molecular weight is 312 g/mol. The highest BCUT2D eigenvalue weighted by Gasteiger charge is 2.31. The lowest BCUT2D eigenvalue weighted by molar-refractivity contribution is -0.128. The first-order valence-electron chi connectivity index (χ1n) is 8.51. The van der Waals surface area contributed by atoms with E-state index in [1.807, 2.05) is 0 Å². The number of ether oxygens (including phenoxy) is 1. The number of hydrogen-bond acceptors (Lipinski definition) is 4. The number of fused-ring (bicyclic) bond motifs is 1. The van der Waals surface area contributed by atoms with Gasteiger partial charge in [-0.05, 0) is 57.0 Å². The number of nitrogens with one attached hydrogen (secondary N) is 1. The van der Waals surface area contributed by atoms with Gasteiger partial charge in [0.1, 0.15) is 0 Å². The van der Waals surface area contributed by atoms with Crippen LogP contribution in [0.5, 0.6) is 0 Å². The lowest BCUT2D eigenvalue weighted by Crippen LogP contribution is -2.34. The molecule has 5 heteroatoms. The minimum atomic E-state index is 0.337. The van der Waals surface area contributed by atoms with Crippen LogP contribution in [0.1, 0.15) is 32.1 Å². The Balaban J connectivity index is 1.36. The average Bonchev–Trinajstić information content (AvgIpc) is 2.87. The van der Waals surface area contributed by atoms with Crippen molar-refractivity contribution < 1.29 is 9.53 Å². The minimum Gasteiger partial charge on any atom is -0.377 e. The number of rotatable bonds is 4. The van der Waals surface area contributed by atoms with Gasteiger partial charge in [0, 0.05) is 25.4 Å². The molecule has 0 aromatic heterocycles. The molecular weight excluding hydrogens is 284 g/mol. The first kappa shape index (κ1) is 15.6. The van der Waals surface area contributed by atoms with E-state index in [2.05, 4.69) is 10.2 Å².